The lowest BCUT2D eigenvalue weighted by atomic mass is 10.2. The van der Waals surface area contributed by atoms with Gasteiger partial charge in [0.15, 0.2) is 15.7 Å². The van der Waals surface area contributed by atoms with Crippen molar-refractivity contribution in [3.05, 3.63) is 35.9 Å². The summed E-state index contributed by atoms with van der Waals surface area (Å²) in [7, 11) is -3.28. The summed E-state index contributed by atoms with van der Waals surface area (Å²) < 4.78 is 30.4. The van der Waals surface area contributed by atoms with Gasteiger partial charge in [-0.15, -0.1) is 0 Å². The summed E-state index contributed by atoms with van der Waals surface area (Å²) in [6.07, 6.45) is -0.272. The Kier molecular flexibility index (Phi) is 4.36. The molecule has 1 atom stereocenters. The molecule has 2 heterocycles. The summed E-state index contributed by atoms with van der Waals surface area (Å²) in [5.74, 6) is 1.41. The number of aryl methyl sites for hydroxylation is 1. The monoisotopic (exact) mass is 336 g/mol. The zero-order valence-electron chi connectivity index (χ0n) is 13.2. The van der Waals surface area contributed by atoms with Crippen molar-refractivity contribution in [2.75, 3.05) is 30.3 Å². The Hall–Kier alpha value is -1.93. The minimum absolute atomic E-state index is 0.0812. The molecular formula is C15H20N4O3S. The maximum Gasteiger partial charge on any atom is 0.181 e. The minimum atomic E-state index is -3.28. The second-order valence-electron chi connectivity index (χ2n) is 5.46. The van der Waals surface area contributed by atoms with Gasteiger partial charge in [0.2, 0.25) is 0 Å². The van der Waals surface area contributed by atoms with Crippen LogP contribution in [0.15, 0.2) is 29.2 Å². The molecule has 8 heteroatoms. The van der Waals surface area contributed by atoms with E-state index in [0.717, 1.165) is 11.5 Å². The fourth-order valence-electron chi connectivity index (χ4n) is 2.67. The van der Waals surface area contributed by atoms with Crippen LogP contribution >= 0.6 is 0 Å². The standard InChI is InChI=1S/C15H20N4O3S/c1-3-23(20,21)14-7-5-4-6-12(14)19-8-9-22-13(10-19)15-16-11(2)17-18-15/h4-7,13H,3,8-10H2,1-2H3,(H,16,17,18)/t13-/m1/s1. The number of morpholine rings is 1. The fourth-order valence-corrected chi connectivity index (χ4v) is 3.78. The van der Waals surface area contributed by atoms with E-state index < -0.39 is 9.84 Å². The van der Waals surface area contributed by atoms with Crippen LogP contribution in [-0.2, 0) is 14.6 Å². The molecule has 1 fully saturated rings. The van der Waals surface area contributed by atoms with E-state index in [-0.39, 0.29) is 11.9 Å². The van der Waals surface area contributed by atoms with Gasteiger partial charge in [-0.3, -0.25) is 5.10 Å². The van der Waals surface area contributed by atoms with E-state index in [2.05, 4.69) is 15.2 Å². The lowest BCUT2D eigenvalue weighted by Crippen LogP contribution is -2.39. The molecule has 2 aromatic rings. The van der Waals surface area contributed by atoms with E-state index in [9.17, 15) is 8.42 Å². The molecule has 3 rings (SSSR count). The van der Waals surface area contributed by atoms with Crippen molar-refractivity contribution >= 4 is 15.5 Å². The molecule has 1 aliphatic heterocycles. The molecule has 0 unspecified atom stereocenters. The van der Waals surface area contributed by atoms with Crippen LogP contribution in [0.5, 0.6) is 0 Å². The fraction of sp³-hybridized carbons (Fsp3) is 0.467. The Balaban J connectivity index is 1.90. The van der Waals surface area contributed by atoms with E-state index in [0.29, 0.717) is 30.4 Å². The molecular weight excluding hydrogens is 316 g/mol. The lowest BCUT2D eigenvalue weighted by molar-refractivity contribution is 0.0341. The molecule has 124 valence electrons. The highest BCUT2D eigenvalue weighted by atomic mass is 32.2. The Morgan fingerprint density at radius 2 is 2.17 bits per heavy atom. The van der Waals surface area contributed by atoms with Gasteiger partial charge in [0.1, 0.15) is 11.9 Å². The number of para-hydroxylation sites is 1. The third kappa shape index (κ3) is 3.23. The van der Waals surface area contributed by atoms with Crippen molar-refractivity contribution in [1.82, 2.24) is 15.2 Å². The van der Waals surface area contributed by atoms with E-state index in [1.165, 1.54) is 0 Å². The van der Waals surface area contributed by atoms with Crippen LogP contribution < -0.4 is 4.90 Å². The van der Waals surface area contributed by atoms with Crippen LogP contribution in [0.25, 0.3) is 0 Å². The van der Waals surface area contributed by atoms with Crippen LogP contribution in [0, 0.1) is 6.92 Å². The molecule has 1 aliphatic rings. The van der Waals surface area contributed by atoms with Crippen molar-refractivity contribution in [1.29, 1.82) is 0 Å². The Morgan fingerprint density at radius 1 is 1.39 bits per heavy atom. The first-order valence-corrected chi connectivity index (χ1v) is 9.23. The number of nitrogens with one attached hydrogen (secondary N) is 1. The van der Waals surface area contributed by atoms with E-state index in [4.69, 9.17) is 4.74 Å². The number of nitrogens with zero attached hydrogens (tertiary/aromatic N) is 3. The van der Waals surface area contributed by atoms with Gasteiger partial charge in [-0.25, -0.2) is 13.4 Å². The van der Waals surface area contributed by atoms with Crippen LogP contribution in [0.1, 0.15) is 24.7 Å². The van der Waals surface area contributed by atoms with Gasteiger partial charge in [-0.1, -0.05) is 19.1 Å². The number of aromatic nitrogens is 3. The highest BCUT2D eigenvalue weighted by molar-refractivity contribution is 7.91. The Labute approximate surface area is 135 Å². The van der Waals surface area contributed by atoms with Gasteiger partial charge in [0, 0.05) is 6.54 Å². The summed E-state index contributed by atoms with van der Waals surface area (Å²) in [4.78, 5) is 6.71. The first kappa shape index (κ1) is 15.9. The highest BCUT2D eigenvalue weighted by Crippen LogP contribution is 2.30. The quantitative estimate of drug-likeness (QED) is 0.910. The van der Waals surface area contributed by atoms with Gasteiger partial charge in [-0.05, 0) is 19.1 Å². The summed E-state index contributed by atoms with van der Waals surface area (Å²) in [5.41, 5.74) is 0.718. The molecule has 7 nitrogen and oxygen atoms in total. The molecule has 0 amide bonds. The molecule has 0 radical (unpaired) electrons. The van der Waals surface area contributed by atoms with Crippen molar-refractivity contribution < 1.29 is 13.2 Å². The number of rotatable bonds is 4. The first-order chi connectivity index (χ1) is 11.0. The smallest absolute Gasteiger partial charge is 0.181 e. The molecule has 0 aliphatic carbocycles. The minimum Gasteiger partial charge on any atom is -0.366 e. The second-order valence-corrected chi connectivity index (χ2v) is 7.70. The molecule has 0 saturated carbocycles. The first-order valence-electron chi connectivity index (χ1n) is 7.58. The van der Waals surface area contributed by atoms with Crippen LogP contribution in [0.3, 0.4) is 0 Å². The molecule has 23 heavy (non-hydrogen) atoms. The normalized spacial score (nSPS) is 19.0. The van der Waals surface area contributed by atoms with Gasteiger partial charge in [0.05, 0.1) is 29.5 Å². The number of ether oxygens (including phenoxy) is 1. The third-order valence-electron chi connectivity index (χ3n) is 3.89. The van der Waals surface area contributed by atoms with E-state index in [1.807, 2.05) is 24.0 Å². The molecule has 1 aromatic heterocycles. The largest absolute Gasteiger partial charge is 0.366 e. The van der Waals surface area contributed by atoms with Crippen LogP contribution in [0.4, 0.5) is 5.69 Å². The maximum atomic E-state index is 12.3. The number of benzene rings is 1. The molecule has 1 saturated heterocycles. The van der Waals surface area contributed by atoms with Crippen LogP contribution in [0.2, 0.25) is 0 Å². The van der Waals surface area contributed by atoms with Crippen molar-refractivity contribution in [2.24, 2.45) is 0 Å². The summed E-state index contributed by atoms with van der Waals surface area (Å²) in [6, 6.07) is 7.11. The predicted molar refractivity (Wildman–Crippen MR) is 86.2 cm³/mol. The number of hydrogen-bond donors (Lipinski definition) is 1. The molecule has 0 spiro atoms. The zero-order valence-corrected chi connectivity index (χ0v) is 14.0. The lowest BCUT2D eigenvalue weighted by Gasteiger charge is -2.34. The Bertz CT molecular complexity index is 788. The average Bonchev–Trinajstić information content (AvgIpc) is 3.01. The number of aromatic amines is 1. The van der Waals surface area contributed by atoms with Crippen molar-refractivity contribution in [3.63, 3.8) is 0 Å². The maximum absolute atomic E-state index is 12.3. The van der Waals surface area contributed by atoms with Gasteiger partial charge in [0.25, 0.3) is 0 Å². The van der Waals surface area contributed by atoms with Crippen molar-refractivity contribution in [3.8, 4) is 0 Å². The van der Waals surface area contributed by atoms with E-state index in [1.54, 1.807) is 19.1 Å². The molecule has 1 aromatic carbocycles. The second kappa shape index (κ2) is 6.29. The number of anilines is 1. The number of hydrogen-bond acceptors (Lipinski definition) is 6. The summed E-state index contributed by atoms with van der Waals surface area (Å²) in [5, 5.41) is 6.96. The zero-order chi connectivity index (χ0) is 16.4. The SMILES string of the molecule is CCS(=O)(=O)c1ccccc1N1CCO[C@@H](c2n[nH]c(C)n2)C1. The third-order valence-corrected chi connectivity index (χ3v) is 5.67. The number of sulfone groups is 1. The summed E-state index contributed by atoms with van der Waals surface area (Å²) >= 11 is 0. The van der Waals surface area contributed by atoms with Gasteiger partial charge < -0.3 is 9.64 Å². The molecule has 1 N–H and O–H groups in total. The topological polar surface area (TPSA) is 88.2 Å². The van der Waals surface area contributed by atoms with Crippen LogP contribution in [-0.4, -0.2) is 49.0 Å². The average molecular weight is 336 g/mol. The van der Waals surface area contributed by atoms with Crippen molar-refractivity contribution in [2.45, 2.75) is 24.8 Å². The van der Waals surface area contributed by atoms with E-state index >= 15 is 0 Å². The number of H-pyrrole nitrogens is 1. The van der Waals surface area contributed by atoms with Gasteiger partial charge >= 0.3 is 0 Å². The highest BCUT2D eigenvalue weighted by Gasteiger charge is 2.28. The van der Waals surface area contributed by atoms with Gasteiger partial charge in [-0.2, -0.15) is 5.10 Å². The Morgan fingerprint density at radius 3 is 2.87 bits per heavy atom. The molecule has 0 bridgehead atoms. The predicted octanol–water partition coefficient (Wildman–Crippen LogP) is 1.48. The summed E-state index contributed by atoms with van der Waals surface area (Å²) in [6.45, 7) is 5.15.